The SMILES string of the molecule is CCn1cc(C#N)c(=O)n(CC(=O)N2CCN(c3ccccc3[N+](=O)[O-])CC2)c1=O. The third-order valence-corrected chi connectivity index (χ3v) is 5.04. The number of benzene rings is 1. The van der Waals surface area contributed by atoms with Gasteiger partial charge in [-0.05, 0) is 13.0 Å². The Labute approximate surface area is 171 Å². The molecule has 0 radical (unpaired) electrons. The highest BCUT2D eigenvalue weighted by Gasteiger charge is 2.26. The summed E-state index contributed by atoms with van der Waals surface area (Å²) >= 11 is 0. The Morgan fingerprint density at radius 2 is 1.87 bits per heavy atom. The Bertz CT molecular complexity index is 1140. The molecular weight excluding hydrogens is 392 g/mol. The zero-order chi connectivity index (χ0) is 21.8. The van der Waals surface area contributed by atoms with Crippen molar-refractivity contribution in [3.05, 3.63) is 67.0 Å². The Morgan fingerprint density at radius 3 is 2.47 bits per heavy atom. The van der Waals surface area contributed by atoms with Crippen molar-refractivity contribution in [3.8, 4) is 6.07 Å². The number of rotatable bonds is 5. The number of hydrogen-bond donors (Lipinski definition) is 0. The molecule has 0 atom stereocenters. The van der Waals surface area contributed by atoms with Crippen LogP contribution in [-0.4, -0.2) is 51.0 Å². The molecule has 11 heteroatoms. The van der Waals surface area contributed by atoms with Crippen LogP contribution >= 0.6 is 0 Å². The van der Waals surface area contributed by atoms with E-state index in [0.29, 0.717) is 31.9 Å². The van der Waals surface area contributed by atoms with Crippen LogP contribution in [0.3, 0.4) is 0 Å². The molecule has 1 amide bonds. The summed E-state index contributed by atoms with van der Waals surface area (Å²) in [4.78, 5) is 51.6. The number of nitro benzene ring substituents is 1. The third kappa shape index (κ3) is 3.93. The summed E-state index contributed by atoms with van der Waals surface area (Å²) < 4.78 is 1.98. The number of nitriles is 1. The number of aromatic nitrogens is 2. The molecule has 1 aromatic carbocycles. The number of piperazine rings is 1. The minimum Gasteiger partial charge on any atom is -0.362 e. The third-order valence-electron chi connectivity index (χ3n) is 5.04. The van der Waals surface area contributed by atoms with Gasteiger partial charge in [-0.3, -0.25) is 24.3 Å². The topological polar surface area (TPSA) is 134 Å². The van der Waals surface area contributed by atoms with E-state index in [1.165, 1.54) is 21.7 Å². The van der Waals surface area contributed by atoms with Crippen molar-refractivity contribution in [2.45, 2.75) is 20.0 Å². The van der Waals surface area contributed by atoms with Crippen molar-refractivity contribution < 1.29 is 9.72 Å². The van der Waals surface area contributed by atoms with Gasteiger partial charge < -0.3 is 9.80 Å². The number of nitrogens with zero attached hydrogens (tertiary/aromatic N) is 6. The quantitative estimate of drug-likeness (QED) is 0.504. The summed E-state index contributed by atoms with van der Waals surface area (Å²) in [7, 11) is 0. The minimum absolute atomic E-state index is 0.00253. The summed E-state index contributed by atoms with van der Waals surface area (Å²) in [6.45, 7) is 2.83. The van der Waals surface area contributed by atoms with Gasteiger partial charge in [0.05, 0.1) is 4.92 Å². The Morgan fingerprint density at radius 1 is 1.20 bits per heavy atom. The van der Waals surface area contributed by atoms with Crippen LogP contribution < -0.4 is 16.1 Å². The van der Waals surface area contributed by atoms with Gasteiger partial charge in [-0.2, -0.15) is 5.26 Å². The first-order valence-corrected chi connectivity index (χ1v) is 9.38. The highest BCUT2D eigenvalue weighted by atomic mass is 16.6. The molecule has 1 aliphatic rings. The number of carbonyl (C=O) groups is 1. The normalized spacial score (nSPS) is 13.7. The molecule has 0 N–H and O–H groups in total. The average Bonchev–Trinajstić information content (AvgIpc) is 2.76. The number of hydrogen-bond acceptors (Lipinski definition) is 7. The lowest BCUT2D eigenvalue weighted by atomic mass is 10.2. The summed E-state index contributed by atoms with van der Waals surface area (Å²) in [5.41, 5.74) is -1.16. The number of anilines is 1. The second-order valence-corrected chi connectivity index (χ2v) is 6.73. The van der Waals surface area contributed by atoms with Gasteiger partial charge in [-0.1, -0.05) is 12.1 Å². The second kappa shape index (κ2) is 8.60. The van der Waals surface area contributed by atoms with Crippen molar-refractivity contribution >= 4 is 17.3 Å². The van der Waals surface area contributed by atoms with Crippen molar-refractivity contribution in [3.63, 3.8) is 0 Å². The standard InChI is InChI=1S/C19H20N6O5/c1-2-21-12-14(11-20)18(27)24(19(21)28)13-17(26)23-9-7-22(8-10-23)15-5-3-4-6-16(15)25(29)30/h3-6,12H,2,7-10,13H2,1H3. The van der Waals surface area contributed by atoms with Gasteiger partial charge in [0.2, 0.25) is 5.91 Å². The Hall–Kier alpha value is -3.94. The van der Waals surface area contributed by atoms with Crippen LogP contribution in [0.5, 0.6) is 0 Å². The van der Waals surface area contributed by atoms with Crippen LogP contribution in [-0.2, 0) is 17.9 Å². The fourth-order valence-corrected chi connectivity index (χ4v) is 3.41. The van der Waals surface area contributed by atoms with E-state index in [9.17, 15) is 24.5 Å². The largest absolute Gasteiger partial charge is 0.362 e. The van der Waals surface area contributed by atoms with Gasteiger partial charge >= 0.3 is 5.69 Å². The fourth-order valence-electron chi connectivity index (χ4n) is 3.41. The second-order valence-electron chi connectivity index (χ2n) is 6.73. The predicted molar refractivity (Wildman–Crippen MR) is 107 cm³/mol. The molecule has 1 saturated heterocycles. The number of aryl methyl sites for hydroxylation is 1. The molecule has 3 rings (SSSR count). The number of carbonyl (C=O) groups excluding carboxylic acids is 1. The molecule has 30 heavy (non-hydrogen) atoms. The van der Waals surface area contributed by atoms with Gasteiger partial charge in [-0.25, -0.2) is 9.36 Å². The molecule has 2 heterocycles. The van der Waals surface area contributed by atoms with E-state index in [1.54, 1.807) is 31.2 Å². The lowest BCUT2D eigenvalue weighted by molar-refractivity contribution is -0.384. The molecule has 0 spiro atoms. The van der Waals surface area contributed by atoms with Crippen LogP contribution in [0.4, 0.5) is 11.4 Å². The molecule has 156 valence electrons. The zero-order valence-electron chi connectivity index (χ0n) is 16.4. The smallest absolute Gasteiger partial charge is 0.331 e. The predicted octanol–water partition coefficient (Wildman–Crippen LogP) is 0.159. The fraction of sp³-hybridized carbons (Fsp3) is 0.368. The van der Waals surface area contributed by atoms with Crippen LogP contribution in [0, 0.1) is 21.4 Å². The first-order chi connectivity index (χ1) is 14.4. The maximum atomic E-state index is 12.7. The Balaban J connectivity index is 1.75. The van der Waals surface area contributed by atoms with Crippen LogP contribution in [0.2, 0.25) is 0 Å². The number of nitro groups is 1. The van der Waals surface area contributed by atoms with Gasteiger partial charge in [0.25, 0.3) is 11.2 Å². The van der Waals surface area contributed by atoms with Crippen LogP contribution in [0.15, 0.2) is 40.1 Å². The van der Waals surface area contributed by atoms with Crippen molar-refractivity contribution in [2.24, 2.45) is 0 Å². The van der Waals surface area contributed by atoms with E-state index in [4.69, 9.17) is 5.26 Å². The molecule has 1 aliphatic heterocycles. The van der Waals surface area contributed by atoms with Gasteiger partial charge in [-0.15, -0.1) is 0 Å². The monoisotopic (exact) mass is 412 g/mol. The lowest BCUT2D eigenvalue weighted by Crippen LogP contribution is -2.51. The summed E-state index contributed by atoms with van der Waals surface area (Å²) in [5.74, 6) is -0.422. The van der Waals surface area contributed by atoms with Crippen molar-refractivity contribution in [2.75, 3.05) is 31.1 Å². The number of amides is 1. The molecule has 1 aromatic heterocycles. The molecule has 0 bridgehead atoms. The average molecular weight is 412 g/mol. The molecule has 0 aliphatic carbocycles. The first-order valence-electron chi connectivity index (χ1n) is 9.38. The summed E-state index contributed by atoms with van der Waals surface area (Å²) in [6, 6.07) is 8.15. The molecule has 2 aromatic rings. The van der Waals surface area contributed by atoms with Crippen molar-refractivity contribution in [1.82, 2.24) is 14.0 Å². The van der Waals surface area contributed by atoms with E-state index in [-0.39, 0.29) is 17.8 Å². The van der Waals surface area contributed by atoms with Crippen LogP contribution in [0.25, 0.3) is 0 Å². The molecule has 11 nitrogen and oxygen atoms in total. The van der Waals surface area contributed by atoms with E-state index < -0.39 is 28.6 Å². The van der Waals surface area contributed by atoms with E-state index in [1.807, 2.05) is 4.90 Å². The maximum absolute atomic E-state index is 12.7. The van der Waals surface area contributed by atoms with Gasteiger partial charge in [0, 0.05) is 45.0 Å². The van der Waals surface area contributed by atoms with E-state index in [2.05, 4.69) is 0 Å². The molecule has 1 fully saturated rings. The highest BCUT2D eigenvalue weighted by molar-refractivity contribution is 5.76. The van der Waals surface area contributed by atoms with Gasteiger partial charge in [0.1, 0.15) is 23.9 Å². The molecular formula is C19H20N6O5. The lowest BCUT2D eigenvalue weighted by Gasteiger charge is -2.35. The highest BCUT2D eigenvalue weighted by Crippen LogP contribution is 2.28. The van der Waals surface area contributed by atoms with E-state index >= 15 is 0 Å². The molecule has 0 saturated carbocycles. The van der Waals surface area contributed by atoms with Gasteiger partial charge in [0.15, 0.2) is 0 Å². The first kappa shape index (κ1) is 20.8. The minimum atomic E-state index is -0.793. The molecule has 0 unspecified atom stereocenters. The maximum Gasteiger partial charge on any atom is 0.331 e. The van der Waals surface area contributed by atoms with E-state index in [0.717, 1.165) is 4.57 Å². The number of para-hydroxylation sites is 2. The van der Waals surface area contributed by atoms with Crippen molar-refractivity contribution in [1.29, 1.82) is 5.26 Å². The Kier molecular flexibility index (Phi) is 5.96. The summed E-state index contributed by atoms with van der Waals surface area (Å²) in [5, 5.41) is 20.3. The van der Waals surface area contributed by atoms with Crippen LogP contribution in [0.1, 0.15) is 12.5 Å². The summed E-state index contributed by atoms with van der Waals surface area (Å²) in [6.07, 6.45) is 1.19. The zero-order valence-corrected chi connectivity index (χ0v) is 16.4.